The van der Waals surface area contributed by atoms with Crippen LogP contribution >= 0.6 is 0 Å². The molecule has 0 saturated heterocycles. The molecule has 0 heterocycles. The number of carbonyl (C=O) groups is 1. The number of unbranched alkanes of at least 4 members (excludes halogenated alkanes) is 8. The third-order valence-electron chi connectivity index (χ3n) is 6.59. The van der Waals surface area contributed by atoms with Crippen LogP contribution in [0, 0.1) is 0 Å². The Morgan fingerprint density at radius 2 is 0.972 bits per heavy atom. The van der Waals surface area contributed by atoms with Gasteiger partial charge < -0.3 is 28.1 Å². The molecule has 0 bridgehead atoms. The zero-order valence-electron chi connectivity index (χ0n) is 24.5. The second-order valence-corrected chi connectivity index (χ2v) is 15.7. The molecule has 216 valence electrons. The van der Waals surface area contributed by atoms with E-state index in [-0.39, 0.29) is 11.0 Å². The summed E-state index contributed by atoms with van der Waals surface area (Å²) in [4.78, 5) is 11.7. The van der Waals surface area contributed by atoms with Crippen LogP contribution < -0.4 is 0 Å². The Hall–Kier alpha value is -0.513. The SMILES string of the molecule is CCCCCCCCCCCC(=O)OCCOCCOCCOCCOCCO[Si](C)(C)C(C)(C)C. The first-order valence-electron chi connectivity index (χ1n) is 14.3. The van der Waals surface area contributed by atoms with Gasteiger partial charge in [-0.15, -0.1) is 0 Å². The number of hydrogen-bond acceptors (Lipinski definition) is 7. The van der Waals surface area contributed by atoms with Gasteiger partial charge in [-0.1, -0.05) is 79.1 Å². The highest BCUT2D eigenvalue weighted by Gasteiger charge is 2.36. The molecular weight excluding hydrogens is 476 g/mol. The Kier molecular flexibility index (Phi) is 23.3. The van der Waals surface area contributed by atoms with E-state index in [9.17, 15) is 4.79 Å². The number of carbonyl (C=O) groups excluding carboxylic acids is 1. The van der Waals surface area contributed by atoms with Gasteiger partial charge in [-0.25, -0.2) is 0 Å². The van der Waals surface area contributed by atoms with Crippen LogP contribution in [-0.4, -0.2) is 80.4 Å². The number of esters is 1. The summed E-state index contributed by atoms with van der Waals surface area (Å²) >= 11 is 0. The van der Waals surface area contributed by atoms with Crippen LogP contribution in [0.4, 0.5) is 0 Å². The lowest BCUT2D eigenvalue weighted by Gasteiger charge is -2.36. The first kappa shape index (κ1) is 35.5. The van der Waals surface area contributed by atoms with Crippen molar-refractivity contribution in [1.82, 2.24) is 0 Å². The van der Waals surface area contributed by atoms with Gasteiger partial charge in [0.25, 0.3) is 0 Å². The van der Waals surface area contributed by atoms with Crippen molar-refractivity contribution in [1.29, 1.82) is 0 Å². The third kappa shape index (κ3) is 22.7. The van der Waals surface area contributed by atoms with Crippen molar-refractivity contribution in [2.24, 2.45) is 0 Å². The van der Waals surface area contributed by atoms with E-state index in [1.807, 2.05) is 0 Å². The highest BCUT2D eigenvalue weighted by Crippen LogP contribution is 2.36. The van der Waals surface area contributed by atoms with Crippen LogP contribution in [-0.2, 0) is 32.9 Å². The summed E-state index contributed by atoms with van der Waals surface area (Å²) in [5.74, 6) is -0.123. The normalized spacial score (nSPS) is 12.3. The fourth-order valence-electron chi connectivity index (χ4n) is 3.20. The maximum atomic E-state index is 11.7. The van der Waals surface area contributed by atoms with Crippen molar-refractivity contribution in [3.8, 4) is 0 Å². The van der Waals surface area contributed by atoms with Crippen molar-refractivity contribution in [2.45, 2.75) is 110 Å². The molecule has 0 aliphatic carbocycles. The van der Waals surface area contributed by atoms with E-state index in [2.05, 4.69) is 40.8 Å². The number of hydrogen-bond donors (Lipinski definition) is 0. The average molecular weight is 535 g/mol. The van der Waals surface area contributed by atoms with E-state index < -0.39 is 8.32 Å². The molecule has 0 aromatic rings. The Bertz CT molecular complexity index is 495. The van der Waals surface area contributed by atoms with Crippen molar-refractivity contribution in [2.75, 3.05) is 66.1 Å². The lowest BCUT2D eigenvalue weighted by molar-refractivity contribution is -0.145. The van der Waals surface area contributed by atoms with Crippen LogP contribution in [0.25, 0.3) is 0 Å². The maximum Gasteiger partial charge on any atom is 0.305 e. The molecule has 8 heteroatoms. The molecule has 0 unspecified atom stereocenters. The summed E-state index contributed by atoms with van der Waals surface area (Å²) in [7, 11) is -1.69. The summed E-state index contributed by atoms with van der Waals surface area (Å²) in [6.07, 6.45) is 11.7. The van der Waals surface area contributed by atoms with E-state index in [1.165, 1.54) is 44.9 Å². The minimum atomic E-state index is -1.69. The van der Waals surface area contributed by atoms with Crippen LogP contribution in [0.3, 0.4) is 0 Å². The molecule has 0 atom stereocenters. The van der Waals surface area contributed by atoms with Crippen molar-refractivity contribution in [3.63, 3.8) is 0 Å². The van der Waals surface area contributed by atoms with Crippen molar-refractivity contribution < 1.29 is 32.9 Å². The zero-order chi connectivity index (χ0) is 27.0. The van der Waals surface area contributed by atoms with Gasteiger partial charge in [0.1, 0.15) is 6.61 Å². The fraction of sp³-hybridized carbons (Fsp3) is 0.964. The largest absolute Gasteiger partial charge is 0.463 e. The quantitative estimate of drug-likeness (QED) is 0.0709. The first-order valence-corrected chi connectivity index (χ1v) is 17.2. The molecule has 0 amide bonds. The molecule has 0 aliphatic rings. The van der Waals surface area contributed by atoms with Crippen molar-refractivity contribution >= 4 is 14.3 Å². The number of rotatable bonds is 26. The van der Waals surface area contributed by atoms with Gasteiger partial charge in [0.15, 0.2) is 8.32 Å². The fourth-order valence-corrected chi connectivity index (χ4v) is 4.23. The minimum Gasteiger partial charge on any atom is -0.463 e. The van der Waals surface area contributed by atoms with E-state index in [4.69, 9.17) is 28.1 Å². The molecule has 0 N–H and O–H groups in total. The average Bonchev–Trinajstić information content (AvgIpc) is 2.82. The third-order valence-corrected chi connectivity index (χ3v) is 11.1. The van der Waals surface area contributed by atoms with Crippen LogP contribution in [0.1, 0.15) is 91.9 Å². The van der Waals surface area contributed by atoms with Gasteiger partial charge in [-0.05, 0) is 24.6 Å². The van der Waals surface area contributed by atoms with Gasteiger partial charge in [-0.2, -0.15) is 0 Å². The highest BCUT2D eigenvalue weighted by atomic mass is 28.4. The smallest absolute Gasteiger partial charge is 0.305 e. The molecule has 0 aliphatic heterocycles. The number of ether oxygens (including phenoxy) is 5. The molecule has 0 rings (SSSR count). The summed E-state index contributed by atoms with van der Waals surface area (Å²) in [6, 6.07) is 0. The second-order valence-electron chi connectivity index (χ2n) is 10.9. The van der Waals surface area contributed by atoms with E-state index >= 15 is 0 Å². The molecule has 0 spiro atoms. The second kappa shape index (κ2) is 23.6. The molecular formula is C28H58O7Si. The summed E-state index contributed by atoms with van der Waals surface area (Å²) < 4.78 is 33.3. The van der Waals surface area contributed by atoms with Gasteiger partial charge in [0.2, 0.25) is 0 Å². The van der Waals surface area contributed by atoms with E-state index in [1.54, 1.807) is 0 Å². The zero-order valence-corrected chi connectivity index (χ0v) is 25.5. The Balaban J connectivity index is 3.26. The molecule has 0 saturated carbocycles. The van der Waals surface area contributed by atoms with Gasteiger partial charge >= 0.3 is 5.97 Å². The molecule has 0 fully saturated rings. The summed E-state index contributed by atoms with van der Waals surface area (Å²) in [5.41, 5.74) is 0. The maximum absolute atomic E-state index is 11.7. The van der Waals surface area contributed by atoms with Gasteiger partial charge in [0, 0.05) is 6.42 Å². The van der Waals surface area contributed by atoms with Gasteiger partial charge in [0.05, 0.1) is 59.5 Å². The molecule has 7 nitrogen and oxygen atoms in total. The highest BCUT2D eigenvalue weighted by molar-refractivity contribution is 6.74. The molecule has 0 radical (unpaired) electrons. The summed E-state index contributed by atoms with van der Waals surface area (Å²) in [6.45, 7) is 18.5. The Labute approximate surface area is 223 Å². The van der Waals surface area contributed by atoms with Gasteiger partial charge in [-0.3, -0.25) is 4.79 Å². The molecule has 0 aromatic carbocycles. The monoisotopic (exact) mass is 534 g/mol. The molecule has 36 heavy (non-hydrogen) atoms. The lowest BCUT2D eigenvalue weighted by atomic mass is 10.1. The first-order chi connectivity index (χ1) is 17.2. The minimum absolute atomic E-state index is 0.123. The standard InChI is InChI=1S/C28H58O7Si/c1-7-8-9-10-11-12-13-14-15-16-27(29)34-25-23-32-21-19-30-17-18-31-20-22-33-24-26-35-36(5,6)28(2,3)4/h7-26H2,1-6H3. The predicted molar refractivity (Wildman–Crippen MR) is 149 cm³/mol. The van der Waals surface area contributed by atoms with Crippen LogP contribution in [0.5, 0.6) is 0 Å². The lowest BCUT2D eigenvalue weighted by Crippen LogP contribution is -2.41. The summed E-state index contributed by atoms with van der Waals surface area (Å²) in [5, 5.41) is 0.222. The van der Waals surface area contributed by atoms with E-state index in [0.717, 1.165) is 12.8 Å². The Morgan fingerprint density at radius 1 is 0.583 bits per heavy atom. The molecule has 0 aromatic heterocycles. The predicted octanol–water partition coefficient (Wildman–Crippen LogP) is 6.54. The van der Waals surface area contributed by atoms with Crippen molar-refractivity contribution in [3.05, 3.63) is 0 Å². The van der Waals surface area contributed by atoms with Crippen LogP contribution in [0.2, 0.25) is 18.1 Å². The topological polar surface area (TPSA) is 72.5 Å². The van der Waals surface area contributed by atoms with Crippen LogP contribution in [0.15, 0.2) is 0 Å². The Morgan fingerprint density at radius 3 is 1.42 bits per heavy atom. The van der Waals surface area contributed by atoms with E-state index in [0.29, 0.717) is 72.5 Å².